The van der Waals surface area contributed by atoms with Crippen LogP contribution in [0.5, 0.6) is 0 Å². The standard InChI is InChI=1S/C31H38N6O3/c1-20-29-25-10-9-23(22-11-14-36(15-12-22)30(39)40-31(2,3)4)19-26(25)27(13-16-37(29)35-34-20)33-24-8-6-7-21(17-24)18-28(38)32-5/h6-11,17,19,27,33H,12-16,18H2,1-5H3,(H,32,38). The van der Waals surface area contributed by atoms with Crippen molar-refractivity contribution < 1.29 is 14.3 Å². The van der Waals surface area contributed by atoms with Gasteiger partial charge in [-0.2, -0.15) is 0 Å². The van der Waals surface area contributed by atoms with E-state index < -0.39 is 5.60 Å². The molecule has 1 aromatic heterocycles. The van der Waals surface area contributed by atoms with Crippen molar-refractivity contribution in [1.29, 1.82) is 0 Å². The first kappa shape index (κ1) is 27.4. The van der Waals surface area contributed by atoms with Crippen LogP contribution in [0, 0.1) is 6.92 Å². The number of nitrogens with one attached hydrogen (secondary N) is 2. The van der Waals surface area contributed by atoms with Crippen LogP contribution in [0.3, 0.4) is 0 Å². The van der Waals surface area contributed by atoms with E-state index in [0.717, 1.165) is 53.2 Å². The molecule has 2 aliphatic rings. The second kappa shape index (κ2) is 11.2. The molecule has 3 heterocycles. The molecular formula is C31H38N6O3. The van der Waals surface area contributed by atoms with Crippen molar-refractivity contribution in [3.05, 3.63) is 70.9 Å². The van der Waals surface area contributed by atoms with Gasteiger partial charge in [-0.15, -0.1) is 5.10 Å². The number of anilines is 1. The predicted octanol–water partition coefficient (Wildman–Crippen LogP) is 5.12. The largest absolute Gasteiger partial charge is 0.444 e. The topological polar surface area (TPSA) is 101 Å². The van der Waals surface area contributed by atoms with Crippen molar-refractivity contribution in [2.45, 2.75) is 65.1 Å². The number of amides is 2. The number of aryl methyl sites for hydroxylation is 2. The molecule has 0 aliphatic carbocycles. The molecule has 9 nitrogen and oxygen atoms in total. The van der Waals surface area contributed by atoms with E-state index in [4.69, 9.17) is 4.74 Å². The molecule has 0 saturated carbocycles. The van der Waals surface area contributed by atoms with Gasteiger partial charge < -0.3 is 20.3 Å². The minimum Gasteiger partial charge on any atom is -0.444 e. The van der Waals surface area contributed by atoms with Gasteiger partial charge in [-0.25, -0.2) is 9.48 Å². The van der Waals surface area contributed by atoms with Crippen LogP contribution in [-0.2, 0) is 22.5 Å². The zero-order valence-corrected chi connectivity index (χ0v) is 24.0. The van der Waals surface area contributed by atoms with Gasteiger partial charge in [0.05, 0.1) is 23.9 Å². The minimum atomic E-state index is -0.512. The summed E-state index contributed by atoms with van der Waals surface area (Å²) in [5.41, 5.74) is 8.07. The number of carbonyl (C=O) groups excluding carboxylic acids is 2. The molecule has 0 bridgehead atoms. The molecule has 5 rings (SSSR count). The van der Waals surface area contributed by atoms with Gasteiger partial charge in [-0.1, -0.05) is 35.6 Å². The van der Waals surface area contributed by atoms with Gasteiger partial charge in [0.1, 0.15) is 5.60 Å². The molecule has 0 saturated heterocycles. The van der Waals surface area contributed by atoms with Crippen LogP contribution in [0.2, 0.25) is 0 Å². The summed E-state index contributed by atoms with van der Waals surface area (Å²) in [4.78, 5) is 26.3. The average molecular weight is 543 g/mol. The predicted molar refractivity (Wildman–Crippen MR) is 156 cm³/mol. The molecule has 40 heavy (non-hydrogen) atoms. The monoisotopic (exact) mass is 542 g/mol. The molecule has 210 valence electrons. The molecule has 1 unspecified atom stereocenters. The van der Waals surface area contributed by atoms with Gasteiger partial charge in [0.2, 0.25) is 5.91 Å². The second-order valence-electron chi connectivity index (χ2n) is 11.5. The lowest BCUT2D eigenvalue weighted by molar-refractivity contribution is -0.119. The highest BCUT2D eigenvalue weighted by Crippen LogP contribution is 2.39. The maximum atomic E-state index is 12.6. The van der Waals surface area contributed by atoms with E-state index in [9.17, 15) is 9.59 Å². The second-order valence-corrected chi connectivity index (χ2v) is 11.5. The number of rotatable bonds is 5. The molecule has 9 heteroatoms. The van der Waals surface area contributed by atoms with Gasteiger partial charge >= 0.3 is 6.09 Å². The summed E-state index contributed by atoms with van der Waals surface area (Å²) < 4.78 is 7.56. The number of benzene rings is 2. The first-order valence-electron chi connectivity index (χ1n) is 13.9. The number of ether oxygens (including phenoxy) is 1. The molecule has 1 atom stereocenters. The van der Waals surface area contributed by atoms with Crippen LogP contribution < -0.4 is 10.6 Å². The summed E-state index contributed by atoms with van der Waals surface area (Å²) in [6.45, 7) is 9.54. The number of likely N-dealkylation sites (N-methyl/N-ethyl adjacent to an activating group) is 1. The van der Waals surface area contributed by atoms with Crippen molar-refractivity contribution in [3.63, 3.8) is 0 Å². The molecule has 0 radical (unpaired) electrons. The van der Waals surface area contributed by atoms with E-state index in [2.05, 4.69) is 45.2 Å². The lowest BCUT2D eigenvalue weighted by atomic mass is 9.90. The highest BCUT2D eigenvalue weighted by Gasteiger charge is 2.28. The van der Waals surface area contributed by atoms with Crippen molar-refractivity contribution in [2.75, 3.05) is 25.5 Å². The van der Waals surface area contributed by atoms with E-state index in [0.29, 0.717) is 19.5 Å². The smallest absolute Gasteiger partial charge is 0.410 e. The number of nitrogens with zero attached hydrogens (tertiary/aromatic N) is 4. The Labute approximate surface area is 235 Å². The van der Waals surface area contributed by atoms with E-state index in [1.807, 2.05) is 56.6 Å². The number of aromatic nitrogens is 3. The van der Waals surface area contributed by atoms with Crippen molar-refractivity contribution in [3.8, 4) is 11.3 Å². The molecule has 0 spiro atoms. The molecular weight excluding hydrogens is 504 g/mol. The van der Waals surface area contributed by atoms with E-state index in [1.165, 1.54) is 11.1 Å². The zero-order chi connectivity index (χ0) is 28.4. The number of hydrogen-bond acceptors (Lipinski definition) is 6. The molecule has 2 amide bonds. The Balaban J connectivity index is 1.44. The minimum absolute atomic E-state index is 0.0130. The van der Waals surface area contributed by atoms with Crippen LogP contribution in [-0.4, -0.2) is 57.6 Å². The third-order valence-corrected chi connectivity index (χ3v) is 7.36. The Morgan fingerprint density at radius 3 is 2.67 bits per heavy atom. The van der Waals surface area contributed by atoms with E-state index in [-0.39, 0.29) is 18.0 Å². The van der Waals surface area contributed by atoms with Gasteiger partial charge in [0, 0.05) is 37.9 Å². The third kappa shape index (κ3) is 6.03. The first-order chi connectivity index (χ1) is 19.1. The quantitative estimate of drug-likeness (QED) is 0.464. The maximum absolute atomic E-state index is 12.6. The van der Waals surface area contributed by atoms with Crippen molar-refractivity contribution in [2.24, 2.45) is 0 Å². The number of carbonyl (C=O) groups is 2. The highest BCUT2D eigenvalue weighted by atomic mass is 16.6. The first-order valence-corrected chi connectivity index (χ1v) is 13.9. The van der Waals surface area contributed by atoms with Crippen LogP contribution in [0.1, 0.15) is 62.0 Å². The highest BCUT2D eigenvalue weighted by molar-refractivity contribution is 5.79. The molecule has 2 aromatic carbocycles. The molecule has 2 N–H and O–H groups in total. The number of fused-ring (bicyclic) bond motifs is 3. The Morgan fingerprint density at radius 1 is 1.12 bits per heavy atom. The number of hydrogen-bond donors (Lipinski definition) is 2. The Kier molecular flexibility index (Phi) is 7.65. The Hall–Kier alpha value is -4.14. The maximum Gasteiger partial charge on any atom is 0.410 e. The Bertz CT molecular complexity index is 1450. The fraction of sp³-hybridized carbons (Fsp3) is 0.419. The van der Waals surface area contributed by atoms with Gasteiger partial charge in [0.15, 0.2) is 0 Å². The molecule has 0 fully saturated rings. The fourth-order valence-electron chi connectivity index (χ4n) is 5.38. The lowest BCUT2D eigenvalue weighted by Crippen LogP contribution is -2.39. The summed E-state index contributed by atoms with van der Waals surface area (Å²) in [5.74, 6) is -0.0130. The third-order valence-electron chi connectivity index (χ3n) is 7.36. The van der Waals surface area contributed by atoms with Crippen LogP contribution >= 0.6 is 0 Å². The summed E-state index contributed by atoms with van der Waals surface area (Å²) in [6.07, 6.45) is 3.79. The summed E-state index contributed by atoms with van der Waals surface area (Å²) in [6, 6.07) is 14.7. The SMILES string of the molecule is CNC(=O)Cc1cccc(NC2CCn3nnc(C)c3-c3ccc(C4=CCN(C(=O)OC(C)(C)C)CC4)cc32)c1. The van der Waals surface area contributed by atoms with Crippen LogP contribution in [0.15, 0.2) is 48.5 Å². The lowest BCUT2D eigenvalue weighted by Gasteiger charge is -2.30. The fourth-order valence-corrected chi connectivity index (χ4v) is 5.38. The summed E-state index contributed by atoms with van der Waals surface area (Å²) >= 11 is 0. The normalized spacial score (nSPS) is 16.8. The van der Waals surface area contributed by atoms with E-state index >= 15 is 0 Å². The van der Waals surface area contributed by atoms with Gasteiger partial charge in [-0.05, 0) is 81.0 Å². The van der Waals surface area contributed by atoms with E-state index in [1.54, 1.807) is 11.9 Å². The van der Waals surface area contributed by atoms with Crippen LogP contribution in [0.4, 0.5) is 10.5 Å². The van der Waals surface area contributed by atoms with Crippen molar-refractivity contribution >= 4 is 23.3 Å². The summed E-state index contributed by atoms with van der Waals surface area (Å²) in [7, 11) is 1.65. The van der Waals surface area contributed by atoms with Gasteiger partial charge in [0.25, 0.3) is 0 Å². The van der Waals surface area contributed by atoms with Crippen LogP contribution in [0.25, 0.3) is 16.8 Å². The molecule has 2 aliphatic heterocycles. The summed E-state index contributed by atoms with van der Waals surface area (Å²) in [5, 5.41) is 15.2. The average Bonchev–Trinajstić information content (AvgIpc) is 3.22. The van der Waals surface area contributed by atoms with Gasteiger partial charge in [-0.3, -0.25) is 4.79 Å². The Morgan fingerprint density at radius 2 is 1.95 bits per heavy atom. The molecule has 3 aromatic rings. The zero-order valence-electron chi connectivity index (χ0n) is 24.0. The van der Waals surface area contributed by atoms with Crippen molar-refractivity contribution in [1.82, 2.24) is 25.2 Å².